The molecule has 0 spiro atoms. The predicted molar refractivity (Wildman–Crippen MR) is 105 cm³/mol. The van der Waals surface area contributed by atoms with Crippen LogP contribution in [0.3, 0.4) is 0 Å². The van der Waals surface area contributed by atoms with Gasteiger partial charge in [0.2, 0.25) is 5.95 Å². The number of hydrogen-bond donors (Lipinski definition) is 2. The first kappa shape index (κ1) is 19.2. The number of nitrogens with zero attached hydrogens (tertiary/aromatic N) is 3. The molecule has 29 heavy (non-hydrogen) atoms. The van der Waals surface area contributed by atoms with E-state index in [0.717, 1.165) is 43.4 Å². The van der Waals surface area contributed by atoms with E-state index in [1.165, 1.54) is 6.42 Å². The van der Waals surface area contributed by atoms with E-state index in [1.807, 2.05) is 0 Å². The molecule has 0 amide bonds. The Balaban J connectivity index is 1.70. The molecule has 2 N–H and O–H groups in total. The molecule has 1 saturated carbocycles. The quantitative estimate of drug-likeness (QED) is 0.559. The number of hydrogen-bond acceptors (Lipinski definition) is 5. The zero-order valence-electron chi connectivity index (χ0n) is 15.6. The van der Waals surface area contributed by atoms with Crippen molar-refractivity contribution in [2.75, 3.05) is 10.6 Å². The Morgan fingerprint density at radius 2 is 1.59 bits per heavy atom. The minimum atomic E-state index is -1.30. The Hall–Kier alpha value is -3.16. The van der Waals surface area contributed by atoms with E-state index < -0.39 is 23.1 Å². The molecule has 0 radical (unpaired) electrons. The molecule has 0 saturated heterocycles. The second kappa shape index (κ2) is 8.46. The summed E-state index contributed by atoms with van der Waals surface area (Å²) in [6.07, 6.45) is 8.76. The van der Waals surface area contributed by atoms with E-state index in [1.54, 1.807) is 30.6 Å². The van der Waals surface area contributed by atoms with Crippen molar-refractivity contribution in [2.45, 2.75) is 38.1 Å². The highest BCUT2D eigenvalue weighted by molar-refractivity contribution is 5.67. The molecule has 0 atom stereocenters. The van der Waals surface area contributed by atoms with Crippen molar-refractivity contribution >= 4 is 17.5 Å². The third kappa shape index (κ3) is 4.47. The number of rotatable bonds is 5. The molecule has 1 aliphatic rings. The summed E-state index contributed by atoms with van der Waals surface area (Å²) >= 11 is 0. The second-order valence-electron chi connectivity index (χ2n) is 7.02. The highest BCUT2D eigenvalue weighted by Gasteiger charge is 2.18. The lowest BCUT2D eigenvalue weighted by Gasteiger charge is -2.23. The topological polar surface area (TPSA) is 62.7 Å². The number of benzene rings is 1. The zero-order valence-corrected chi connectivity index (χ0v) is 15.6. The Labute approximate surface area is 166 Å². The van der Waals surface area contributed by atoms with Gasteiger partial charge in [-0.1, -0.05) is 19.3 Å². The van der Waals surface area contributed by atoms with Crippen molar-refractivity contribution in [3.05, 3.63) is 60.2 Å². The molecule has 0 bridgehead atoms. The fourth-order valence-corrected chi connectivity index (χ4v) is 3.45. The summed E-state index contributed by atoms with van der Waals surface area (Å²) in [4.78, 5) is 12.9. The predicted octanol–water partition coefficient (Wildman–Crippen LogP) is 5.44. The summed E-state index contributed by atoms with van der Waals surface area (Å²) in [5.41, 5.74) is 0.741. The molecule has 1 aromatic carbocycles. The summed E-state index contributed by atoms with van der Waals surface area (Å²) in [6, 6.07) is 6.97. The average Bonchev–Trinajstić information content (AvgIpc) is 2.75. The van der Waals surface area contributed by atoms with Crippen LogP contribution in [-0.4, -0.2) is 21.0 Å². The summed E-state index contributed by atoms with van der Waals surface area (Å²) in [6.45, 7) is 0. The van der Waals surface area contributed by atoms with Crippen LogP contribution in [0.2, 0.25) is 0 Å². The van der Waals surface area contributed by atoms with Crippen LogP contribution < -0.4 is 10.6 Å². The van der Waals surface area contributed by atoms with Gasteiger partial charge in [0.15, 0.2) is 11.6 Å². The lowest BCUT2D eigenvalue weighted by Crippen LogP contribution is -2.23. The minimum Gasteiger partial charge on any atom is -0.351 e. The van der Waals surface area contributed by atoms with Gasteiger partial charge < -0.3 is 10.6 Å². The van der Waals surface area contributed by atoms with Gasteiger partial charge in [-0.3, -0.25) is 4.98 Å². The first-order chi connectivity index (χ1) is 14.1. The molecule has 3 aromatic rings. The van der Waals surface area contributed by atoms with E-state index in [0.29, 0.717) is 11.6 Å². The third-order valence-electron chi connectivity index (χ3n) is 4.94. The normalized spacial score (nSPS) is 14.6. The standard InChI is InChI=1S/C21H20F3N5/c22-15-6-7-16(23)20(19(15)24)28-18-12-17(13-8-10-25-11-9-13)27-21(29-18)26-14-4-2-1-3-5-14/h6-12,14H,1-5H2,(H2,26,27,28,29). The summed E-state index contributed by atoms with van der Waals surface area (Å²) in [5.74, 6) is -2.83. The van der Waals surface area contributed by atoms with E-state index in [-0.39, 0.29) is 11.9 Å². The Bertz CT molecular complexity index is 991. The third-order valence-corrected chi connectivity index (χ3v) is 4.94. The first-order valence-corrected chi connectivity index (χ1v) is 9.56. The van der Waals surface area contributed by atoms with Crippen LogP contribution in [-0.2, 0) is 0 Å². The van der Waals surface area contributed by atoms with Crippen molar-refractivity contribution in [1.29, 1.82) is 0 Å². The van der Waals surface area contributed by atoms with E-state index >= 15 is 0 Å². The molecule has 1 aliphatic carbocycles. The molecule has 5 nitrogen and oxygen atoms in total. The van der Waals surface area contributed by atoms with Gasteiger partial charge in [0.05, 0.1) is 5.69 Å². The lowest BCUT2D eigenvalue weighted by molar-refractivity contribution is 0.461. The Kier molecular flexibility index (Phi) is 5.59. The number of anilines is 3. The molecule has 2 aromatic heterocycles. The molecule has 2 heterocycles. The molecule has 1 fully saturated rings. The van der Waals surface area contributed by atoms with Gasteiger partial charge in [0, 0.05) is 30.1 Å². The van der Waals surface area contributed by atoms with Crippen LogP contribution in [0, 0.1) is 17.5 Å². The van der Waals surface area contributed by atoms with Crippen molar-refractivity contribution in [3.63, 3.8) is 0 Å². The molecule has 0 unspecified atom stereocenters. The van der Waals surface area contributed by atoms with E-state index in [2.05, 4.69) is 25.6 Å². The summed E-state index contributed by atoms with van der Waals surface area (Å²) in [7, 11) is 0. The Morgan fingerprint density at radius 3 is 2.34 bits per heavy atom. The van der Waals surface area contributed by atoms with Crippen LogP contribution in [0.4, 0.5) is 30.6 Å². The van der Waals surface area contributed by atoms with Gasteiger partial charge in [0.1, 0.15) is 17.3 Å². The molecule has 150 valence electrons. The highest BCUT2D eigenvalue weighted by atomic mass is 19.2. The fraction of sp³-hybridized carbons (Fsp3) is 0.286. The zero-order chi connectivity index (χ0) is 20.2. The average molecular weight is 399 g/mol. The number of nitrogens with one attached hydrogen (secondary N) is 2. The molecule has 0 aliphatic heterocycles. The van der Waals surface area contributed by atoms with Crippen molar-refractivity contribution in [2.24, 2.45) is 0 Å². The summed E-state index contributed by atoms with van der Waals surface area (Å²) < 4.78 is 41.7. The van der Waals surface area contributed by atoms with Crippen molar-refractivity contribution < 1.29 is 13.2 Å². The van der Waals surface area contributed by atoms with Crippen molar-refractivity contribution in [3.8, 4) is 11.3 Å². The van der Waals surface area contributed by atoms with Gasteiger partial charge in [-0.05, 0) is 37.1 Å². The first-order valence-electron chi connectivity index (χ1n) is 9.56. The van der Waals surface area contributed by atoms with Gasteiger partial charge in [-0.2, -0.15) is 4.98 Å². The van der Waals surface area contributed by atoms with Crippen LogP contribution in [0.1, 0.15) is 32.1 Å². The van der Waals surface area contributed by atoms with Crippen LogP contribution in [0.5, 0.6) is 0 Å². The van der Waals surface area contributed by atoms with Gasteiger partial charge >= 0.3 is 0 Å². The monoisotopic (exact) mass is 399 g/mol. The van der Waals surface area contributed by atoms with E-state index in [4.69, 9.17) is 0 Å². The largest absolute Gasteiger partial charge is 0.351 e. The molecule has 4 rings (SSSR count). The highest BCUT2D eigenvalue weighted by Crippen LogP contribution is 2.28. The van der Waals surface area contributed by atoms with Gasteiger partial charge in [-0.25, -0.2) is 18.2 Å². The fourth-order valence-electron chi connectivity index (χ4n) is 3.45. The van der Waals surface area contributed by atoms with Crippen LogP contribution in [0.25, 0.3) is 11.3 Å². The maximum Gasteiger partial charge on any atom is 0.225 e. The maximum atomic E-state index is 14.1. The molecular formula is C21H20F3N5. The van der Waals surface area contributed by atoms with Crippen LogP contribution in [0.15, 0.2) is 42.7 Å². The van der Waals surface area contributed by atoms with Crippen molar-refractivity contribution in [1.82, 2.24) is 15.0 Å². The second-order valence-corrected chi connectivity index (χ2v) is 7.02. The number of halogens is 3. The number of pyridine rings is 1. The minimum absolute atomic E-state index is 0.161. The van der Waals surface area contributed by atoms with Crippen LogP contribution >= 0.6 is 0 Å². The molecule has 8 heteroatoms. The molecular weight excluding hydrogens is 379 g/mol. The lowest BCUT2D eigenvalue weighted by atomic mass is 9.96. The van der Waals surface area contributed by atoms with Gasteiger partial charge in [-0.15, -0.1) is 0 Å². The number of aromatic nitrogens is 3. The SMILES string of the molecule is Fc1ccc(F)c(Nc2cc(-c3ccncc3)nc(NC3CCCCC3)n2)c1F. The summed E-state index contributed by atoms with van der Waals surface area (Å²) in [5, 5.41) is 5.89. The smallest absolute Gasteiger partial charge is 0.225 e. The Morgan fingerprint density at radius 1 is 0.862 bits per heavy atom. The maximum absolute atomic E-state index is 14.1. The van der Waals surface area contributed by atoms with E-state index in [9.17, 15) is 13.2 Å². The van der Waals surface area contributed by atoms with Gasteiger partial charge in [0.25, 0.3) is 0 Å².